The first-order valence-electron chi connectivity index (χ1n) is 5.81. The topological polar surface area (TPSA) is 54.0 Å². The van der Waals surface area contributed by atoms with Gasteiger partial charge in [-0.3, -0.25) is 0 Å². The number of cyclic esters (lactones) is 1. The fraction of sp³-hybridized carbons (Fsp3) is 0.357. The van der Waals surface area contributed by atoms with Crippen LogP contribution in [-0.2, 0) is 9.47 Å². The third-order valence-electron chi connectivity index (χ3n) is 2.57. The van der Waals surface area contributed by atoms with E-state index in [-0.39, 0.29) is 6.79 Å². The van der Waals surface area contributed by atoms with E-state index in [0.29, 0.717) is 22.6 Å². The lowest BCUT2D eigenvalue weighted by molar-refractivity contribution is -0.127. The molecule has 0 N–H and O–H groups in total. The Hall–Kier alpha value is -2.01. The summed E-state index contributed by atoms with van der Waals surface area (Å²) in [6.45, 7) is 7.14. The number of esters is 1. The first-order chi connectivity index (χ1) is 8.96. The Morgan fingerprint density at radius 3 is 2.74 bits per heavy atom. The predicted octanol–water partition coefficient (Wildman–Crippen LogP) is 2.60. The minimum absolute atomic E-state index is 0.114. The summed E-state index contributed by atoms with van der Waals surface area (Å²) in [5.41, 5.74) is 0.961. The second-order valence-corrected chi connectivity index (χ2v) is 4.53. The molecule has 0 saturated heterocycles. The Labute approximate surface area is 111 Å². The molecular weight excluding hydrogens is 248 g/mol. The van der Waals surface area contributed by atoms with Gasteiger partial charge in [-0.15, -0.1) is 0 Å². The van der Waals surface area contributed by atoms with Gasteiger partial charge in [0.15, 0.2) is 6.79 Å². The fourth-order valence-electron chi connectivity index (χ4n) is 1.84. The van der Waals surface area contributed by atoms with Crippen LogP contribution in [0.4, 0.5) is 0 Å². The molecule has 0 saturated carbocycles. The molecule has 0 unspecified atom stereocenters. The zero-order valence-corrected chi connectivity index (χ0v) is 11.2. The quantitative estimate of drug-likeness (QED) is 0.618. The molecule has 0 aliphatic carbocycles. The van der Waals surface area contributed by atoms with Crippen LogP contribution in [0, 0.1) is 0 Å². The molecule has 1 aliphatic heterocycles. The number of carbonyl (C=O) groups is 1. The standard InChI is InChI=1S/C14H16O5/c1-5-9-6-10(17-8-16-4)7-11-12(9)13(15)19-14(2,3)18-11/h5-7H,1,8H2,2-4H3. The molecule has 0 atom stereocenters. The highest BCUT2D eigenvalue weighted by molar-refractivity contribution is 5.98. The van der Waals surface area contributed by atoms with Crippen LogP contribution in [0.25, 0.3) is 6.08 Å². The molecule has 1 aromatic carbocycles. The summed E-state index contributed by atoms with van der Waals surface area (Å²) in [4.78, 5) is 12.0. The van der Waals surface area contributed by atoms with Gasteiger partial charge in [0.25, 0.3) is 0 Å². The molecule has 19 heavy (non-hydrogen) atoms. The summed E-state index contributed by atoms with van der Waals surface area (Å²) >= 11 is 0. The Morgan fingerprint density at radius 1 is 1.37 bits per heavy atom. The van der Waals surface area contributed by atoms with Crippen LogP contribution in [0.3, 0.4) is 0 Å². The minimum Gasteiger partial charge on any atom is -0.467 e. The van der Waals surface area contributed by atoms with Gasteiger partial charge in [0.05, 0.1) is 0 Å². The molecule has 1 aromatic rings. The van der Waals surface area contributed by atoms with Crippen molar-refractivity contribution in [3.63, 3.8) is 0 Å². The van der Waals surface area contributed by atoms with Gasteiger partial charge < -0.3 is 18.9 Å². The number of rotatable bonds is 4. The molecule has 102 valence electrons. The van der Waals surface area contributed by atoms with Crippen molar-refractivity contribution in [2.45, 2.75) is 19.6 Å². The molecule has 1 heterocycles. The van der Waals surface area contributed by atoms with Gasteiger partial charge in [-0.2, -0.15) is 0 Å². The van der Waals surface area contributed by atoms with Crippen molar-refractivity contribution in [3.05, 3.63) is 29.8 Å². The van der Waals surface area contributed by atoms with Crippen LogP contribution in [0.5, 0.6) is 11.5 Å². The summed E-state index contributed by atoms with van der Waals surface area (Å²) in [7, 11) is 1.53. The van der Waals surface area contributed by atoms with Gasteiger partial charge in [-0.05, 0) is 11.6 Å². The van der Waals surface area contributed by atoms with E-state index in [1.807, 2.05) is 0 Å². The monoisotopic (exact) mass is 264 g/mol. The summed E-state index contributed by atoms with van der Waals surface area (Å²) < 4.78 is 21.0. The molecule has 1 aliphatic rings. The van der Waals surface area contributed by atoms with E-state index < -0.39 is 11.8 Å². The Kier molecular flexibility index (Phi) is 3.48. The molecule has 0 radical (unpaired) electrons. The van der Waals surface area contributed by atoms with Crippen LogP contribution < -0.4 is 9.47 Å². The number of hydrogen-bond acceptors (Lipinski definition) is 5. The van der Waals surface area contributed by atoms with Crippen molar-refractivity contribution >= 4 is 12.0 Å². The lowest BCUT2D eigenvalue weighted by Gasteiger charge is -2.32. The maximum atomic E-state index is 12.0. The Bertz CT molecular complexity index is 519. The smallest absolute Gasteiger partial charge is 0.345 e. The number of carbonyl (C=O) groups excluding carboxylic acids is 1. The maximum absolute atomic E-state index is 12.0. The van der Waals surface area contributed by atoms with E-state index in [2.05, 4.69) is 6.58 Å². The van der Waals surface area contributed by atoms with Crippen molar-refractivity contribution < 1.29 is 23.7 Å². The van der Waals surface area contributed by atoms with Gasteiger partial charge in [-0.1, -0.05) is 12.7 Å². The molecule has 0 amide bonds. The van der Waals surface area contributed by atoms with Crippen molar-refractivity contribution in [1.82, 2.24) is 0 Å². The summed E-state index contributed by atoms with van der Waals surface area (Å²) in [6.07, 6.45) is 1.56. The van der Waals surface area contributed by atoms with E-state index in [9.17, 15) is 4.79 Å². The summed E-state index contributed by atoms with van der Waals surface area (Å²) in [6, 6.07) is 3.33. The number of methoxy groups -OCH3 is 1. The largest absolute Gasteiger partial charge is 0.467 e. The fourth-order valence-corrected chi connectivity index (χ4v) is 1.84. The number of ether oxygens (including phenoxy) is 4. The van der Waals surface area contributed by atoms with Gasteiger partial charge in [0.1, 0.15) is 17.1 Å². The highest BCUT2D eigenvalue weighted by Gasteiger charge is 2.35. The maximum Gasteiger partial charge on any atom is 0.345 e. The molecule has 5 nitrogen and oxygen atoms in total. The first kappa shape index (κ1) is 13.4. The molecule has 5 heteroatoms. The first-order valence-corrected chi connectivity index (χ1v) is 5.81. The van der Waals surface area contributed by atoms with Gasteiger partial charge in [-0.25, -0.2) is 4.79 Å². The van der Waals surface area contributed by atoms with Crippen LogP contribution in [0.1, 0.15) is 29.8 Å². The van der Waals surface area contributed by atoms with Gasteiger partial charge in [0, 0.05) is 27.0 Å². The van der Waals surface area contributed by atoms with E-state index >= 15 is 0 Å². The average molecular weight is 264 g/mol. The zero-order chi connectivity index (χ0) is 14.0. The third-order valence-corrected chi connectivity index (χ3v) is 2.57. The molecule has 2 rings (SSSR count). The highest BCUT2D eigenvalue weighted by Crippen LogP contribution is 2.37. The predicted molar refractivity (Wildman–Crippen MR) is 69.2 cm³/mol. The molecular formula is C14H16O5. The van der Waals surface area contributed by atoms with Crippen LogP contribution in [0.15, 0.2) is 18.7 Å². The summed E-state index contributed by atoms with van der Waals surface area (Å²) in [5.74, 6) is -0.465. The van der Waals surface area contributed by atoms with Crippen molar-refractivity contribution in [2.24, 2.45) is 0 Å². The average Bonchev–Trinajstić information content (AvgIpc) is 2.33. The molecule has 0 fully saturated rings. The van der Waals surface area contributed by atoms with E-state index in [0.717, 1.165) is 0 Å². The van der Waals surface area contributed by atoms with Crippen molar-refractivity contribution in [1.29, 1.82) is 0 Å². The molecule has 0 aromatic heterocycles. The lowest BCUT2D eigenvalue weighted by atomic mass is 10.0. The van der Waals surface area contributed by atoms with Crippen LogP contribution in [-0.4, -0.2) is 25.7 Å². The highest BCUT2D eigenvalue weighted by atomic mass is 16.7. The van der Waals surface area contributed by atoms with Crippen molar-refractivity contribution in [3.8, 4) is 11.5 Å². The Morgan fingerprint density at radius 2 is 2.11 bits per heavy atom. The SMILES string of the molecule is C=Cc1cc(OCOC)cc2c1C(=O)OC(C)(C)O2. The third kappa shape index (κ3) is 2.71. The normalized spacial score (nSPS) is 16.1. The minimum atomic E-state index is -0.998. The number of hydrogen-bond donors (Lipinski definition) is 0. The summed E-state index contributed by atoms with van der Waals surface area (Å²) in [5, 5.41) is 0. The molecule has 0 bridgehead atoms. The molecule has 0 spiro atoms. The number of benzene rings is 1. The zero-order valence-electron chi connectivity index (χ0n) is 11.2. The van der Waals surface area contributed by atoms with Gasteiger partial charge in [0.2, 0.25) is 5.79 Å². The second kappa shape index (κ2) is 4.93. The lowest BCUT2D eigenvalue weighted by Crippen LogP contribution is -2.39. The van der Waals surface area contributed by atoms with E-state index in [1.165, 1.54) is 7.11 Å². The Balaban J connectivity index is 2.47. The van der Waals surface area contributed by atoms with E-state index in [1.54, 1.807) is 32.1 Å². The van der Waals surface area contributed by atoms with E-state index in [4.69, 9.17) is 18.9 Å². The second-order valence-electron chi connectivity index (χ2n) is 4.53. The van der Waals surface area contributed by atoms with Crippen molar-refractivity contribution in [2.75, 3.05) is 13.9 Å². The van der Waals surface area contributed by atoms with Crippen LogP contribution >= 0.6 is 0 Å². The van der Waals surface area contributed by atoms with Gasteiger partial charge >= 0.3 is 5.97 Å². The van der Waals surface area contributed by atoms with Crippen LogP contribution in [0.2, 0.25) is 0 Å². The number of fused-ring (bicyclic) bond motifs is 1.